The zero-order valence-corrected chi connectivity index (χ0v) is 19.5. The second-order valence-electron chi connectivity index (χ2n) is 9.43. The van der Waals surface area contributed by atoms with Crippen molar-refractivity contribution in [3.05, 3.63) is 59.9 Å². The number of amides is 2. The quantitative estimate of drug-likeness (QED) is 0.747. The number of nitrogens with zero attached hydrogens (tertiary/aromatic N) is 4. The Morgan fingerprint density at radius 3 is 2.59 bits per heavy atom. The molecule has 3 heterocycles. The zero-order chi connectivity index (χ0) is 22.3. The largest absolute Gasteiger partial charge is 0.366 e. The molecule has 1 aromatic heterocycles. The second kappa shape index (κ2) is 10.8. The van der Waals surface area contributed by atoms with Crippen LogP contribution in [0.2, 0.25) is 0 Å². The molecule has 1 aromatic carbocycles. The van der Waals surface area contributed by atoms with Crippen molar-refractivity contribution in [1.29, 1.82) is 0 Å². The van der Waals surface area contributed by atoms with Crippen molar-refractivity contribution < 1.29 is 4.79 Å². The van der Waals surface area contributed by atoms with Gasteiger partial charge in [0.25, 0.3) is 0 Å². The van der Waals surface area contributed by atoms with Crippen molar-refractivity contribution in [2.24, 2.45) is 5.92 Å². The number of carbonyl (C=O) groups is 1. The fraction of sp³-hybridized carbons (Fsp3) is 0.538. The number of pyridine rings is 1. The summed E-state index contributed by atoms with van der Waals surface area (Å²) in [5, 5.41) is 3.19. The molecule has 0 spiro atoms. The Labute approximate surface area is 192 Å². The summed E-state index contributed by atoms with van der Waals surface area (Å²) in [7, 11) is 0. The van der Waals surface area contributed by atoms with Gasteiger partial charge in [0.2, 0.25) is 0 Å². The van der Waals surface area contributed by atoms with Crippen LogP contribution in [0.25, 0.3) is 0 Å². The number of aromatic nitrogens is 1. The summed E-state index contributed by atoms with van der Waals surface area (Å²) in [5.41, 5.74) is 3.71. The van der Waals surface area contributed by atoms with Gasteiger partial charge in [0.15, 0.2) is 0 Å². The smallest absolute Gasteiger partial charge is 0.317 e. The summed E-state index contributed by atoms with van der Waals surface area (Å²) in [6.45, 7) is 10.8. The van der Waals surface area contributed by atoms with Crippen LogP contribution in [0.1, 0.15) is 37.3 Å². The molecule has 2 amide bonds. The van der Waals surface area contributed by atoms with Crippen LogP contribution in [0.15, 0.2) is 48.8 Å². The summed E-state index contributed by atoms with van der Waals surface area (Å²) in [6.07, 6.45) is 7.32. The Hall–Kier alpha value is -2.60. The molecule has 1 atom stereocenters. The lowest BCUT2D eigenvalue weighted by atomic mass is 9.93. The van der Waals surface area contributed by atoms with E-state index in [4.69, 9.17) is 0 Å². The Morgan fingerprint density at radius 1 is 1.09 bits per heavy atom. The molecule has 2 saturated heterocycles. The molecule has 32 heavy (non-hydrogen) atoms. The number of anilines is 1. The van der Waals surface area contributed by atoms with Gasteiger partial charge in [0.05, 0.1) is 11.9 Å². The number of nitrogens with one attached hydrogen (secondary N) is 1. The number of aryl methyl sites for hydroxylation is 1. The molecule has 4 rings (SSSR count). The minimum absolute atomic E-state index is 0.0843. The molecule has 6 heteroatoms. The first-order valence-electron chi connectivity index (χ1n) is 12.1. The van der Waals surface area contributed by atoms with Gasteiger partial charge in [-0.25, -0.2) is 4.79 Å². The summed E-state index contributed by atoms with van der Waals surface area (Å²) in [6, 6.07) is 13.2. The summed E-state index contributed by atoms with van der Waals surface area (Å²) < 4.78 is 0. The normalized spacial score (nSPS) is 20.4. The van der Waals surface area contributed by atoms with Gasteiger partial charge in [0, 0.05) is 45.0 Å². The first-order valence-corrected chi connectivity index (χ1v) is 12.1. The van der Waals surface area contributed by atoms with E-state index in [1.807, 2.05) is 17.3 Å². The van der Waals surface area contributed by atoms with Crippen LogP contribution in [-0.4, -0.2) is 66.1 Å². The maximum absolute atomic E-state index is 12.8. The monoisotopic (exact) mass is 435 g/mol. The molecular weight excluding hydrogens is 398 g/mol. The Bertz CT molecular complexity index is 866. The predicted octanol–water partition coefficient (Wildman–Crippen LogP) is 3.91. The Kier molecular flexibility index (Phi) is 7.63. The average molecular weight is 436 g/mol. The number of likely N-dealkylation sites (tertiary alicyclic amines) is 1. The fourth-order valence-electron chi connectivity index (χ4n) is 4.97. The average Bonchev–Trinajstić information content (AvgIpc) is 2.81. The minimum Gasteiger partial charge on any atom is -0.366 e. The number of rotatable bonds is 6. The van der Waals surface area contributed by atoms with E-state index in [9.17, 15) is 4.79 Å². The highest BCUT2D eigenvalue weighted by molar-refractivity contribution is 5.75. The van der Waals surface area contributed by atoms with Gasteiger partial charge in [-0.05, 0) is 69.3 Å². The van der Waals surface area contributed by atoms with E-state index < -0.39 is 0 Å². The number of hydrogen-bond acceptors (Lipinski definition) is 4. The number of urea groups is 1. The molecule has 1 N–H and O–H groups in total. The summed E-state index contributed by atoms with van der Waals surface area (Å²) in [5.74, 6) is 0.713. The van der Waals surface area contributed by atoms with Gasteiger partial charge in [-0.2, -0.15) is 0 Å². The topological polar surface area (TPSA) is 51.7 Å². The molecule has 2 aromatic rings. The highest BCUT2D eigenvalue weighted by Gasteiger charge is 2.28. The van der Waals surface area contributed by atoms with Gasteiger partial charge in [-0.3, -0.25) is 9.88 Å². The number of carbonyl (C=O) groups excluding carboxylic acids is 1. The first kappa shape index (κ1) is 22.6. The Morgan fingerprint density at radius 2 is 1.88 bits per heavy atom. The maximum Gasteiger partial charge on any atom is 0.317 e. The molecule has 0 saturated carbocycles. The number of hydrogen-bond donors (Lipinski definition) is 1. The number of benzene rings is 1. The van der Waals surface area contributed by atoms with E-state index in [0.29, 0.717) is 5.92 Å². The van der Waals surface area contributed by atoms with Crippen molar-refractivity contribution in [2.45, 2.75) is 45.7 Å². The lowest BCUT2D eigenvalue weighted by Crippen LogP contribution is -2.56. The highest BCUT2D eigenvalue weighted by atomic mass is 16.2. The SMILES string of the molecule is Cc1cncc(N2CCN(C(=O)NCCC3CCN(Cc4ccccc4)CC3)[C@H](C)C2)c1. The van der Waals surface area contributed by atoms with Crippen molar-refractivity contribution in [1.82, 2.24) is 20.1 Å². The fourth-order valence-corrected chi connectivity index (χ4v) is 4.97. The molecule has 2 aliphatic rings. The lowest BCUT2D eigenvalue weighted by Gasteiger charge is -2.41. The van der Waals surface area contributed by atoms with E-state index in [1.54, 1.807) is 0 Å². The molecule has 2 fully saturated rings. The molecule has 0 aliphatic carbocycles. The molecule has 172 valence electrons. The zero-order valence-electron chi connectivity index (χ0n) is 19.5. The third-order valence-electron chi connectivity index (χ3n) is 6.90. The van der Waals surface area contributed by atoms with E-state index in [-0.39, 0.29) is 12.1 Å². The van der Waals surface area contributed by atoms with E-state index in [2.05, 4.69) is 70.3 Å². The van der Waals surface area contributed by atoms with E-state index >= 15 is 0 Å². The van der Waals surface area contributed by atoms with Gasteiger partial charge in [0.1, 0.15) is 0 Å². The highest BCUT2D eigenvalue weighted by Crippen LogP contribution is 2.22. The molecule has 0 radical (unpaired) electrons. The van der Waals surface area contributed by atoms with Crippen molar-refractivity contribution in [3.8, 4) is 0 Å². The van der Waals surface area contributed by atoms with Crippen LogP contribution in [-0.2, 0) is 6.54 Å². The lowest BCUT2D eigenvalue weighted by molar-refractivity contribution is 0.162. The van der Waals surface area contributed by atoms with Crippen LogP contribution in [0.3, 0.4) is 0 Å². The Balaban J connectivity index is 1.15. The van der Waals surface area contributed by atoms with Gasteiger partial charge in [-0.1, -0.05) is 30.3 Å². The van der Waals surface area contributed by atoms with Crippen molar-refractivity contribution in [2.75, 3.05) is 44.2 Å². The number of piperidine rings is 1. The number of piperazine rings is 1. The first-order chi connectivity index (χ1) is 15.6. The van der Waals surface area contributed by atoms with Gasteiger partial charge >= 0.3 is 6.03 Å². The van der Waals surface area contributed by atoms with Crippen LogP contribution >= 0.6 is 0 Å². The van der Waals surface area contributed by atoms with E-state index in [0.717, 1.165) is 57.9 Å². The van der Waals surface area contributed by atoms with Crippen LogP contribution in [0.4, 0.5) is 10.5 Å². The van der Waals surface area contributed by atoms with Crippen molar-refractivity contribution in [3.63, 3.8) is 0 Å². The second-order valence-corrected chi connectivity index (χ2v) is 9.43. The van der Waals surface area contributed by atoms with Crippen molar-refractivity contribution >= 4 is 11.7 Å². The standard InChI is InChI=1S/C26H37N5O/c1-21-16-25(18-27-17-21)30-14-15-31(22(2)19-30)26(32)28-11-8-23-9-12-29(13-10-23)20-24-6-4-3-5-7-24/h3-7,16-18,22-23H,8-15,19-20H2,1-2H3,(H,28,32)/t22-/m1/s1. The third kappa shape index (κ3) is 6.00. The predicted molar refractivity (Wildman–Crippen MR) is 130 cm³/mol. The minimum atomic E-state index is 0.0843. The summed E-state index contributed by atoms with van der Waals surface area (Å²) >= 11 is 0. The maximum atomic E-state index is 12.8. The van der Waals surface area contributed by atoms with E-state index in [1.165, 1.54) is 24.0 Å². The van der Waals surface area contributed by atoms with Gasteiger partial charge in [-0.15, -0.1) is 0 Å². The van der Waals surface area contributed by atoms with Crippen LogP contribution < -0.4 is 10.2 Å². The third-order valence-corrected chi connectivity index (χ3v) is 6.90. The summed E-state index contributed by atoms with van der Waals surface area (Å²) in [4.78, 5) is 24.0. The molecule has 0 unspecified atom stereocenters. The van der Waals surface area contributed by atoms with Crippen LogP contribution in [0.5, 0.6) is 0 Å². The van der Waals surface area contributed by atoms with Gasteiger partial charge < -0.3 is 15.1 Å². The van der Waals surface area contributed by atoms with Crippen LogP contribution in [0, 0.1) is 12.8 Å². The molecule has 6 nitrogen and oxygen atoms in total. The molecular formula is C26H37N5O. The molecule has 0 bridgehead atoms. The molecule has 2 aliphatic heterocycles.